The average Bonchev–Trinajstić information content (AvgIpc) is 2.58. The van der Waals surface area contributed by atoms with Crippen molar-refractivity contribution in [1.29, 1.82) is 0 Å². The van der Waals surface area contributed by atoms with Crippen molar-refractivity contribution < 1.29 is 9.53 Å². The highest BCUT2D eigenvalue weighted by Crippen LogP contribution is 2.22. The SMILES string of the molecule is Cc1ccc(NC(=O)[C@@H](C)Oc2ccc3ccccc3c2)cc1C. The molecule has 0 spiro atoms. The van der Waals surface area contributed by atoms with Gasteiger partial charge in [-0.05, 0) is 66.9 Å². The van der Waals surface area contributed by atoms with Crippen molar-refractivity contribution >= 4 is 22.4 Å². The highest BCUT2D eigenvalue weighted by Gasteiger charge is 2.15. The molecule has 0 bridgehead atoms. The molecule has 3 aromatic carbocycles. The van der Waals surface area contributed by atoms with Crippen LogP contribution < -0.4 is 10.1 Å². The second-order valence-corrected chi connectivity index (χ2v) is 6.06. The summed E-state index contributed by atoms with van der Waals surface area (Å²) in [5.74, 6) is 0.530. The van der Waals surface area contributed by atoms with Crippen LogP contribution >= 0.6 is 0 Å². The molecule has 24 heavy (non-hydrogen) atoms. The van der Waals surface area contributed by atoms with Crippen LogP contribution in [0.1, 0.15) is 18.1 Å². The lowest BCUT2D eigenvalue weighted by atomic mass is 10.1. The molecule has 1 atom stereocenters. The van der Waals surface area contributed by atoms with Gasteiger partial charge in [0.05, 0.1) is 0 Å². The maximum atomic E-state index is 12.3. The van der Waals surface area contributed by atoms with E-state index in [0.29, 0.717) is 5.75 Å². The van der Waals surface area contributed by atoms with Gasteiger partial charge in [-0.15, -0.1) is 0 Å². The Balaban J connectivity index is 1.69. The van der Waals surface area contributed by atoms with Gasteiger partial charge in [-0.1, -0.05) is 36.4 Å². The Hall–Kier alpha value is -2.81. The molecule has 0 saturated carbocycles. The summed E-state index contributed by atoms with van der Waals surface area (Å²) < 4.78 is 5.80. The number of ether oxygens (including phenoxy) is 1. The van der Waals surface area contributed by atoms with Gasteiger partial charge >= 0.3 is 0 Å². The second kappa shape index (κ2) is 6.75. The molecule has 0 aliphatic carbocycles. The molecule has 0 fully saturated rings. The third kappa shape index (κ3) is 3.57. The molecule has 0 saturated heterocycles. The molecule has 1 N–H and O–H groups in total. The maximum absolute atomic E-state index is 12.3. The molecular formula is C21H21NO2. The predicted molar refractivity (Wildman–Crippen MR) is 98.6 cm³/mol. The zero-order chi connectivity index (χ0) is 17.1. The van der Waals surface area contributed by atoms with Crippen molar-refractivity contribution in [3.63, 3.8) is 0 Å². The summed E-state index contributed by atoms with van der Waals surface area (Å²) >= 11 is 0. The van der Waals surface area contributed by atoms with Crippen molar-refractivity contribution in [1.82, 2.24) is 0 Å². The van der Waals surface area contributed by atoms with E-state index in [1.165, 1.54) is 5.56 Å². The number of rotatable bonds is 4. The molecule has 3 aromatic rings. The number of fused-ring (bicyclic) bond motifs is 1. The number of benzene rings is 3. The quantitative estimate of drug-likeness (QED) is 0.745. The third-order valence-corrected chi connectivity index (χ3v) is 4.18. The molecule has 0 unspecified atom stereocenters. The lowest BCUT2D eigenvalue weighted by molar-refractivity contribution is -0.122. The number of carbonyl (C=O) groups is 1. The Morgan fingerprint density at radius 3 is 2.42 bits per heavy atom. The standard InChI is InChI=1S/C21H21NO2/c1-14-8-10-19(12-15(14)2)22-21(23)16(3)24-20-11-9-17-6-4-5-7-18(17)13-20/h4-13,16H,1-3H3,(H,22,23)/t16-/m1/s1. The van der Waals surface area contributed by atoms with Gasteiger partial charge in [0.25, 0.3) is 5.91 Å². The van der Waals surface area contributed by atoms with Crippen LogP contribution in [0.2, 0.25) is 0 Å². The highest BCUT2D eigenvalue weighted by atomic mass is 16.5. The largest absolute Gasteiger partial charge is 0.481 e. The lowest BCUT2D eigenvalue weighted by Crippen LogP contribution is -2.30. The van der Waals surface area contributed by atoms with Gasteiger partial charge < -0.3 is 10.1 Å². The summed E-state index contributed by atoms with van der Waals surface area (Å²) in [5, 5.41) is 5.15. The Morgan fingerprint density at radius 2 is 1.67 bits per heavy atom. The fourth-order valence-electron chi connectivity index (χ4n) is 2.56. The number of carbonyl (C=O) groups excluding carboxylic acids is 1. The van der Waals surface area contributed by atoms with Gasteiger partial charge in [0.15, 0.2) is 6.10 Å². The molecule has 0 aliphatic rings. The molecular weight excluding hydrogens is 298 g/mol. The van der Waals surface area contributed by atoms with Crippen LogP contribution in [0.15, 0.2) is 60.7 Å². The Labute approximate surface area is 142 Å². The minimum absolute atomic E-state index is 0.161. The van der Waals surface area contributed by atoms with E-state index in [1.54, 1.807) is 6.92 Å². The van der Waals surface area contributed by atoms with Gasteiger partial charge in [-0.25, -0.2) is 0 Å². The first-order valence-electron chi connectivity index (χ1n) is 8.06. The normalized spacial score (nSPS) is 12.0. The van der Waals surface area contributed by atoms with Crippen molar-refractivity contribution in [2.45, 2.75) is 26.9 Å². The summed E-state index contributed by atoms with van der Waals surface area (Å²) in [4.78, 5) is 12.3. The summed E-state index contributed by atoms with van der Waals surface area (Å²) in [6.07, 6.45) is -0.576. The van der Waals surface area contributed by atoms with Gasteiger partial charge in [-0.3, -0.25) is 4.79 Å². The number of nitrogens with one attached hydrogen (secondary N) is 1. The maximum Gasteiger partial charge on any atom is 0.265 e. The van der Waals surface area contributed by atoms with Gasteiger partial charge in [0, 0.05) is 5.69 Å². The van der Waals surface area contributed by atoms with E-state index in [-0.39, 0.29) is 5.91 Å². The van der Waals surface area contributed by atoms with Crippen molar-refractivity contribution in [3.8, 4) is 5.75 Å². The van der Waals surface area contributed by atoms with Crippen LogP contribution in [0.4, 0.5) is 5.69 Å². The van der Waals surface area contributed by atoms with E-state index in [0.717, 1.165) is 22.0 Å². The summed E-state index contributed by atoms with van der Waals surface area (Å²) in [6.45, 7) is 5.83. The smallest absolute Gasteiger partial charge is 0.265 e. The lowest BCUT2D eigenvalue weighted by Gasteiger charge is -2.15. The first-order chi connectivity index (χ1) is 11.5. The fraction of sp³-hybridized carbons (Fsp3) is 0.190. The van der Waals surface area contributed by atoms with Crippen molar-refractivity contribution in [3.05, 3.63) is 71.8 Å². The van der Waals surface area contributed by atoms with Gasteiger partial charge in [0.2, 0.25) is 0 Å². The zero-order valence-electron chi connectivity index (χ0n) is 14.2. The Kier molecular flexibility index (Phi) is 4.52. The van der Waals surface area contributed by atoms with E-state index in [2.05, 4.69) is 11.4 Å². The summed E-state index contributed by atoms with van der Waals surface area (Å²) in [6, 6.07) is 19.8. The van der Waals surface area contributed by atoms with Crippen LogP contribution in [0, 0.1) is 13.8 Å². The summed E-state index contributed by atoms with van der Waals surface area (Å²) in [5.41, 5.74) is 3.14. The Bertz CT molecular complexity index is 886. The van der Waals surface area contributed by atoms with Crippen LogP contribution in [0.25, 0.3) is 10.8 Å². The first kappa shape index (κ1) is 16.1. The number of hydrogen-bond acceptors (Lipinski definition) is 2. The topological polar surface area (TPSA) is 38.3 Å². The molecule has 3 heteroatoms. The van der Waals surface area contributed by atoms with Crippen LogP contribution in [0.5, 0.6) is 5.75 Å². The van der Waals surface area contributed by atoms with E-state index in [9.17, 15) is 4.79 Å². The predicted octanol–water partition coefficient (Wildman–Crippen LogP) is 4.86. The molecule has 0 heterocycles. The van der Waals surface area contributed by atoms with E-state index in [4.69, 9.17) is 4.74 Å². The number of aryl methyl sites for hydroxylation is 2. The minimum atomic E-state index is -0.576. The van der Waals surface area contributed by atoms with Crippen LogP contribution in [-0.4, -0.2) is 12.0 Å². The molecule has 3 rings (SSSR count). The monoisotopic (exact) mass is 319 g/mol. The fourth-order valence-corrected chi connectivity index (χ4v) is 2.56. The van der Waals surface area contributed by atoms with Gasteiger partial charge in [-0.2, -0.15) is 0 Å². The molecule has 3 nitrogen and oxygen atoms in total. The van der Waals surface area contributed by atoms with Crippen molar-refractivity contribution in [2.24, 2.45) is 0 Å². The average molecular weight is 319 g/mol. The number of amides is 1. The molecule has 0 radical (unpaired) electrons. The van der Waals surface area contributed by atoms with Crippen LogP contribution in [-0.2, 0) is 4.79 Å². The van der Waals surface area contributed by atoms with Crippen molar-refractivity contribution in [2.75, 3.05) is 5.32 Å². The molecule has 122 valence electrons. The third-order valence-electron chi connectivity index (χ3n) is 4.18. The first-order valence-corrected chi connectivity index (χ1v) is 8.06. The second-order valence-electron chi connectivity index (χ2n) is 6.06. The van der Waals surface area contributed by atoms with Gasteiger partial charge in [0.1, 0.15) is 5.75 Å². The Morgan fingerprint density at radius 1 is 0.917 bits per heavy atom. The van der Waals surface area contributed by atoms with E-state index in [1.807, 2.05) is 68.4 Å². The van der Waals surface area contributed by atoms with E-state index >= 15 is 0 Å². The molecule has 0 aliphatic heterocycles. The molecule has 1 amide bonds. The minimum Gasteiger partial charge on any atom is -0.481 e. The zero-order valence-corrected chi connectivity index (χ0v) is 14.2. The number of hydrogen-bond donors (Lipinski definition) is 1. The highest BCUT2D eigenvalue weighted by molar-refractivity contribution is 5.94. The molecule has 0 aromatic heterocycles. The summed E-state index contributed by atoms with van der Waals surface area (Å²) in [7, 11) is 0. The number of anilines is 1. The van der Waals surface area contributed by atoms with Crippen LogP contribution in [0.3, 0.4) is 0 Å². The van der Waals surface area contributed by atoms with E-state index < -0.39 is 6.10 Å².